The van der Waals surface area contributed by atoms with Crippen molar-refractivity contribution >= 4 is 0 Å². The molecule has 0 aromatic rings. The lowest BCUT2D eigenvalue weighted by atomic mass is 9.85. The summed E-state index contributed by atoms with van der Waals surface area (Å²) in [5, 5.41) is 3.56. The number of rotatable bonds is 3. The minimum absolute atomic E-state index is 0.317. The first kappa shape index (κ1) is 14.8. The highest BCUT2D eigenvalue weighted by molar-refractivity contribution is 5.05. The summed E-state index contributed by atoms with van der Waals surface area (Å²) in [7, 11) is 0. The summed E-state index contributed by atoms with van der Waals surface area (Å²) in [6.45, 7) is 17.2. The van der Waals surface area contributed by atoms with Crippen LogP contribution in [0.15, 0.2) is 0 Å². The Morgan fingerprint density at radius 3 is 2.75 bits per heavy atom. The standard InChI is InChI=1S/C16H31N3O/c1-12(2)18-5-6-20-14(10-18)11-19-9-13-7-17-8-15(13)16(19,3)4/h12-15,17H,5-11H2,1-4H3. The van der Waals surface area contributed by atoms with E-state index in [0.29, 0.717) is 17.7 Å². The molecular weight excluding hydrogens is 250 g/mol. The maximum Gasteiger partial charge on any atom is 0.0829 e. The zero-order chi connectivity index (χ0) is 14.3. The molecule has 4 heteroatoms. The first-order valence-corrected chi connectivity index (χ1v) is 8.30. The zero-order valence-electron chi connectivity index (χ0n) is 13.6. The first-order valence-electron chi connectivity index (χ1n) is 8.30. The molecule has 116 valence electrons. The molecule has 0 aliphatic carbocycles. The Labute approximate surface area is 123 Å². The molecule has 0 amide bonds. The third kappa shape index (κ3) is 2.63. The summed E-state index contributed by atoms with van der Waals surface area (Å²) in [6, 6.07) is 0.636. The fourth-order valence-corrected chi connectivity index (χ4v) is 4.38. The highest BCUT2D eigenvalue weighted by Gasteiger charge is 2.49. The minimum Gasteiger partial charge on any atom is -0.374 e. The molecule has 3 aliphatic rings. The SMILES string of the molecule is CC(C)N1CCOC(CN2CC3CNCC3C2(C)C)C1. The fourth-order valence-electron chi connectivity index (χ4n) is 4.38. The van der Waals surface area contributed by atoms with Gasteiger partial charge in [-0.15, -0.1) is 0 Å². The largest absolute Gasteiger partial charge is 0.374 e. The van der Waals surface area contributed by atoms with Gasteiger partial charge in [-0.05, 0) is 46.1 Å². The number of hydrogen-bond donors (Lipinski definition) is 1. The Balaban J connectivity index is 1.60. The smallest absolute Gasteiger partial charge is 0.0829 e. The number of likely N-dealkylation sites (tertiary alicyclic amines) is 1. The van der Waals surface area contributed by atoms with Crippen molar-refractivity contribution in [3.63, 3.8) is 0 Å². The van der Waals surface area contributed by atoms with E-state index in [0.717, 1.165) is 38.1 Å². The van der Waals surface area contributed by atoms with Gasteiger partial charge in [0.25, 0.3) is 0 Å². The summed E-state index contributed by atoms with van der Waals surface area (Å²) < 4.78 is 6.04. The second-order valence-corrected chi connectivity index (χ2v) is 7.66. The van der Waals surface area contributed by atoms with Crippen LogP contribution in [-0.4, -0.2) is 73.4 Å². The molecule has 1 N–H and O–H groups in total. The predicted octanol–water partition coefficient (Wildman–Crippen LogP) is 1.03. The van der Waals surface area contributed by atoms with Gasteiger partial charge in [0.05, 0.1) is 12.7 Å². The van der Waals surface area contributed by atoms with Gasteiger partial charge >= 0.3 is 0 Å². The monoisotopic (exact) mass is 281 g/mol. The van der Waals surface area contributed by atoms with Crippen LogP contribution < -0.4 is 5.32 Å². The molecule has 0 spiro atoms. The van der Waals surface area contributed by atoms with Crippen LogP contribution >= 0.6 is 0 Å². The Morgan fingerprint density at radius 1 is 1.25 bits per heavy atom. The maximum atomic E-state index is 6.04. The molecule has 20 heavy (non-hydrogen) atoms. The van der Waals surface area contributed by atoms with E-state index in [1.54, 1.807) is 0 Å². The van der Waals surface area contributed by atoms with Crippen LogP contribution in [-0.2, 0) is 4.74 Å². The Hall–Kier alpha value is -0.160. The molecule has 3 aliphatic heterocycles. The number of morpholine rings is 1. The highest BCUT2D eigenvalue weighted by Crippen LogP contribution is 2.40. The van der Waals surface area contributed by atoms with E-state index in [1.807, 2.05) is 0 Å². The third-order valence-corrected chi connectivity index (χ3v) is 5.84. The van der Waals surface area contributed by atoms with Crippen LogP contribution in [0.4, 0.5) is 0 Å². The van der Waals surface area contributed by atoms with E-state index in [1.165, 1.54) is 19.6 Å². The average molecular weight is 281 g/mol. The van der Waals surface area contributed by atoms with Crippen LogP contribution in [0, 0.1) is 11.8 Å². The van der Waals surface area contributed by atoms with Crippen LogP contribution in [0.3, 0.4) is 0 Å². The van der Waals surface area contributed by atoms with E-state index in [-0.39, 0.29) is 0 Å². The van der Waals surface area contributed by atoms with Gasteiger partial charge in [-0.3, -0.25) is 9.80 Å². The molecular formula is C16H31N3O. The molecule has 3 heterocycles. The minimum atomic E-state index is 0.317. The van der Waals surface area contributed by atoms with Gasteiger partial charge in [-0.25, -0.2) is 0 Å². The van der Waals surface area contributed by atoms with Crippen molar-refractivity contribution in [2.24, 2.45) is 11.8 Å². The number of ether oxygens (including phenoxy) is 1. The topological polar surface area (TPSA) is 27.7 Å². The summed E-state index contributed by atoms with van der Waals surface area (Å²) in [4.78, 5) is 5.25. The van der Waals surface area contributed by atoms with E-state index in [4.69, 9.17) is 4.74 Å². The van der Waals surface area contributed by atoms with Crippen LogP contribution in [0.2, 0.25) is 0 Å². The molecule has 3 atom stereocenters. The lowest BCUT2D eigenvalue weighted by molar-refractivity contribution is -0.0606. The third-order valence-electron chi connectivity index (χ3n) is 5.84. The number of nitrogens with zero attached hydrogens (tertiary/aromatic N) is 2. The van der Waals surface area contributed by atoms with Crippen molar-refractivity contribution in [1.29, 1.82) is 0 Å². The van der Waals surface area contributed by atoms with Crippen LogP contribution in [0.5, 0.6) is 0 Å². The van der Waals surface area contributed by atoms with Crippen molar-refractivity contribution < 1.29 is 4.74 Å². The van der Waals surface area contributed by atoms with Crippen molar-refractivity contribution in [1.82, 2.24) is 15.1 Å². The van der Waals surface area contributed by atoms with Crippen molar-refractivity contribution in [3.8, 4) is 0 Å². The molecule has 0 radical (unpaired) electrons. The average Bonchev–Trinajstić information content (AvgIpc) is 2.94. The summed E-state index contributed by atoms with van der Waals surface area (Å²) in [6.07, 6.45) is 0.386. The molecule has 4 nitrogen and oxygen atoms in total. The van der Waals surface area contributed by atoms with Gasteiger partial charge in [-0.2, -0.15) is 0 Å². The van der Waals surface area contributed by atoms with Gasteiger partial charge < -0.3 is 10.1 Å². The molecule has 0 bridgehead atoms. The molecule has 3 rings (SSSR count). The summed E-state index contributed by atoms with van der Waals surface area (Å²) in [5.74, 6) is 1.65. The summed E-state index contributed by atoms with van der Waals surface area (Å²) >= 11 is 0. The zero-order valence-corrected chi connectivity index (χ0v) is 13.6. The normalized spacial score (nSPS) is 38.5. The van der Waals surface area contributed by atoms with Crippen LogP contribution in [0.25, 0.3) is 0 Å². The molecule has 3 saturated heterocycles. The van der Waals surface area contributed by atoms with Gasteiger partial charge in [0.15, 0.2) is 0 Å². The lowest BCUT2D eigenvalue weighted by Crippen LogP contribution is -2.53. The van der Waals surface area contributed by atoms with E-state index >= 15 is 0 Å². The van der Waals surface area contributed by atoms with Crippen molar-refractivity contribution in [3.05, 3.63) is 0 Å². The number of hydrogen-bond acceptors (Lipinski definition) is 4. The maximum absolute atomic E-state index is 6.04. The second-order valence-electron chi connectivity index (χ2n) is 7.66. The van der Waals surface area contributed by atoms with E-state index < -0.39 is 0 Å². The predicted molar refractivity (Wildman–Crippen MR) is 82.0 cm³/mol. The Kier molecular flexibility index (Phi) is 4.10. The lowest BCUT2D eigenvalue weighted by Gasteiger charge is -2.41. The molecule has 3 fully saturated rings. The highest BCUT2D eigenvalue weighted by atomic mass is 16.5. The number of nitrogens with one attached hydrogen (secondary N) is 1. The van der Waals surface area contributed by atoms with Gasteiger partial charge in [0.1, 0.15) is 0 Å². The van der Waals surface area contributed by atoms with E-state index in [2.05, 4.69) is 42.8 Å². The van der Waals surface area contributed by atoms with Gasteiger partial charge in [0.2, 0.25) is 0 Å². The Morgan fingerprint density at radius 2 is 2.05 bits per heavy atom. The van der Waals surface area contributed by atoms with Gasteiger partial charge in [0, 0.05) is 44.3 Å². The van der Waals surface area contributed by atoms with E-state index in [9.17, 15) is 0 Å². The van der Waals surface area contributed by atoms with Gasteiger partial charge in [-0.1, -0.05) is 0 Å². The van der Waals surface area contributed by atoms with Crippen molar-refractivity contribution in [2.45, 2.75) is 45.4 Å². The first-order chi connectivity index (χ1) is 9.48. The fraction of sp³-hybridized carbons (Fsp3) is 1.00. The quantitative estimate of drug-likeness (QED) is 0.836. The molecule has 0 aromatic carbocycles. The summed E-state index contributed by atoms with van der Waals surface area (Å²) in [5.41, 5.74) is 0.317. The van der Waals surface area contributed by atoms with Crippen molar-refractivity contribution in [2.75, 3.05) is 45.9 Å². The molecule has 0 saturated carbocycles. The van der Waals surface area contributed by atoms with Crippen LogP contribution in [0.1, 0.15) is 27.7 Å². The Bertz CT molecular complexity index is 345. The molecule has 3 unspecified atom stereocenters. The number of fused-ring (bicyclic) bond motifs is 1. The second kappa shape index (κ2) is 5.56. The molecule has 0 aromatic heterocycles.